The van der Waals surface area contributed by atoms with Gasteiger partial charge in [-0.2, -0.15) is 0 Å². The summed E-state index contributed by atoms with van der Waals surface area (Å²) in [5, 5.41) is 12.8. The number of methoxy groups -OCH3 is 1. The second kappa shape index (κ2) is 9.30. The Morgan fingerprint density at radius 2 is 1.73 bits per heavy atom. The lowest BCUT2D eigenvalue weighted by Crippen LogP contribution is -2.71. The zero-order chi connectivity index (χ0) is 29.8. The molecule has 2 N–H and O–H groups in total. The summed E-state index contributed by atoms with van der Waals surface area (Å²) in [5.41, 5.74) is 0.524. The van der Waals surface area contributed by atoms with Gasteiger partial charge in [-0.15, -0.1) is 0 Å². The van der Waals surface area contributed by atoms with Crippen LogP contribution in [0, 0.1) is 56.7 Å². The first-order chi connectivity index (χ1) is 19.2. The van der Waals surface area contributed by atoms with Crippen LogP contribution >= 0.6 is 0 Å². The lowest BCUT2D eigenvalue weighted by atomic mass is 9.32. The van der Waals surface area contributed by atoms with Crippen molar-refractivity contribution in [3.63, 3.8) is 0 Å². The van der Waals surface area contributed by atoms with Gasteiger partial charge in [-0.3, -0.25) is 9.59 Å². The SMILES string of the molecule is C=C(C)[C@@H]1CC[C@]2(C(=O)N[C@@H](CO)C(=O)OC)CC[C@]3(C)[C@H](CC[C@@H]4[C@@]5(C)CC[C@H]6OC(=O)[C@@]6(C)[C@@H]5CC[C@]43C)[C@@H]12. The van der Waals surface area contributed by atoms with Gasteiger partial charge in [-0.05, 0) is 124 Å². The Labute approximate surface area is 245 Å². The van der Waals surface area contributed by atoms with E-state index in [1.807, 2.05) is 0 Å². The van der Waals surface area contributed by atoms with E-state index in [1.54, 1.807) is 0 Å². The lowest BCUT2D eigenvalue weighted by molar-refractivity contribution is -0.279. The van der Waals surface area contributed by atoms with Crippen molar-refractivity contribution in [3.8, 4) is 0 Å². The third kappa shape index (κ3) is 3.50. The number of amides is 1. The largest absolute Gasteiger partial charge is 0.467 e. The van der Waals surface area contributed by atoms with Crippen molar-refractivity contribution in [1.29, 1.82) is 0 Å². The number of ether oxygens (including phenoxy) is 2. The van der Waals surface area contributed by atoms with Crippen molar-refractivity contribution in [2.24, 2.45) is 56.7 Å². The van der Waals surface area contributed by atoms with Crippen LogP contribution in [-0.4, -0.2) is 48.8 Å². The number of hydrogen-bond donors (Lipinski definition) is 2. The van der Waals surface area contributed by atoms with Crippen molar-refractivity contribution in [2.45, 2.75) is 111 Å². The molecule has 6 fully saturated rings. The maximum atomic E-state index is 14.2. The van der Waals surface area contributed by atoms with Gasteiger partial charge in [-0.1, -0.05) is 32.9 Å². The predicted molar refractivity (Wildman–Crippen MR) is 154 cm³/mol. The molecule has 7 nitrogen and oxygen atoms in total. The van der Waals surface area contributed by atoms with Gasteiger partial charge in [0.25, 0.3) is 0 Å². The van der Waals surface area contributed by atoms with E-state index in [9.17, 15) is 19.5 Å². The molecule has 6 aliphatic rings. The molecule has 5 aliphatic carbocycles. The van der Waals surface area contributed by atoms with Gasteiger partial charge in [0, 0.05) is 0 Å². The minimum Gasteiger partial charge on any atom is -0.467 e. The zero-order valence-electron chi connectivity index (χ0n) is 26.0. The fourth-order valence-electron chi connectivity index (χ4n) is 12.5. The Bertz CT molecular complexity index is 1170. The molecule has 1 amide bonds. The van der Waals surface area contributed by atoms with Crippen LogP contribution in [0.3, 0.4) is 0 Å². The number of hydrogen-bond acceptors (Lipinski definition) is 6. The molecule has 0 unspecified atom stereocenters. The summed E-state index contributed by atoms with van der Waals surface area (Å²) in [6.45, 7) is 15.8. The molecule has 0 aromatic heterocycles. The summed E-state index contributed by atoms with van der Waals surface area (Å²) in [4.78, 5) is 39.4. The Balaban J connectivity index is 1.35. The molecule has 41 heavy (non-hydrogen) atoms. The van der Waals surface area contributed by atoms with E-state index in [0.717, 1.165) is 69.8 Å². The Hall–Kier alpha value is -1.89. The van der Waals surface area contributed by atoms with Gasteiger partial charge in [0.1, 0.15) is 11.5 Å². The highest BCUT2D eigenvalue weighted by Crippen LogP contribution is 2.78. The van der Waals surface area contributed by atoms with Crippen molar-refractivity contribution in [1.82, 2.24) is 5.32 Å². The Kier molecular flexibility index (Phi) is 6.62. The third-order valence-corrected chi connectivity index (χ3v) is 14.8. The highest BCUT2D eigenvalue weighted by atomic mass is 16.6. The van der Waals surface area contributed by atoms with Crippen LogP contribution in [0.15, 0.2) is 12.2 Å². The topological polar surface area (TPSA) is 102 Å². The van der Waals surface area contributed by atoms with E-state index < -0.39 is 24.0 Å². The molecule has 0 spiro atoms. The van der Waals surface area contributed by atoms with Gasteiger partial charge in [0.15, 0.2) is 6.04 Å². The number of rotatable bonds is 5. The van der Waals surface area contributed by atoms with E-state index in [1.165, 1.54) is 7.11 Å². The molecule has 12 atom stereocenters. The quantitative estimate of drug-likeness (QED) is 0.349. The van der Waals surface area contributed by atoms with Crippen molar-refractivity contribution in [2.75, 3.05) is 13.7 Å². The van der Waals surface area contributed by atoms with Crippen molar-refractivity contribution in [3.05, 3.63) is 12.2 Å². The molecular formula is C34H51NO6. The molecule has 1 heterocycles. The van der Waals surface area contributed by atoms with Gasteiger partial charge in [-0.25, -0.2) is 4.79 Å². The van der Waals surface area contributed by atoms with Crippen LogP contribution in [0.25, 0.3) is 0 Å². The van der Waals surface area contributed by atoms with Gasteiger partial charge in [0.2, 0.25) is 5.91 Å². The van der Waals surface area contributed by atoms with Gasteiger partial charge in [0.05, 0.1) is 19.1 Å². The van der Waals surface area contributed by atoms with E-state index in [4.69, 9.17) is 9.47 Å². The van der Waals surface area contributed by atoms with Crippen LogP contribution in [0.2, 0.25) is 0 Å². The smallest absolute Gasteiger partial charge is 0.330 e. The molecule has 5 saturated carbocycles. The summed E-state index contributed by atoms with van der Waals surface area (Å²) in [7, 11) is 1.28. The molecule has 0 radical (unpaired) electrons. The molecule has 7 heteroatoms. The number of aliphatic hydroxyl groups excluding tert-OH is 1. The second-order valence-electron chi connectivity index (χ2n) is 15.8. The number of fused-ring (bicyclic) bond motifs is 9. The number of allylic oxidation sites excluding steroid dienone is 1. The third-order valence-electron chi connectivity index (χ3n) is 14.8. The Morgan fingerprint density at radius 1 is 1.00 bits per heavy atom. The van der Waals surface area contributed by atoms with Crippen LogP contribution in [0.4, 0.5) is 0 Å². The van der Waals surface area contributed by atoms with Gasteiger partial charge < -0.3 is 19.9 Å². The van der Waals surface area contributed by atoms with Crippen LogP contribution in [-0.2, 0) is 23.9 Å². The fourth-order valence-corrected chi connectivity index (χ4v) is 12.5. The minimum absolute atomic E-state index is 0.0128. The van der Waals surface area contributed by atoms with Crippen molar-refractivity contribution < 1.29 is 29.0 Å². The highest BCUT2D eigenvalue weighted by molar-refractivity contribution is 5.89. The average Bonchev–Trinajstić information content (AvgIpc) is 3.34. The normalized spacial score (nSPS) is 50.4. The maximum Gasteiger partial charge on any atom is 0.330 e. The van der Waals surface area contributed by atoms with E-state index >= 15 is 0 Å². The number of carbonyl (C=O) groups is 3. The summed E-state index contributed by atoms with van der Waals surface area (Å²) in [5.74, 6) is 1.00. The number of aliphatic hydroxyl groups is 1. The lowest BCUT2D eigenvalue weighted by Gasteiger charge is -2.73. The number of esters is 2. The molecule has 1 saturated heterocycles. The maximum absolute atomic E-state index is 14.2. The molecule has 0 aromatic rings. The summed E-state index contributed by atoms with van der Waals surface area (Å²) in [6.07, 6.45) is 10.0. The molecular weight excluding hydrogens is 518 g/mol. The number of nitrogens with one attached hydrogen (secondary N) is 1. The van der Waals surface area contributed by atoms with Crippen LogP contribution in [0.5, 0.6) is 0 Å². The highest BCUT2D eigenvalue weighted by Gasteiger charge is 2.75. The first kappa shape index (κ1) is 29.2. The first-order valence-electron chi connectivity index (χ1n) is 16.1. The molecule has 1 aliphatic heterocycles. The van der Waals surface area contributed by atoms with E-state index in [-0.39, 0.29) is 51.5 Å². The monoisotopic (exact) mass is 569 g/mol. The van der Waals surface area contributed by atoms with Crippen molar-refractivity contribution >= 4 is 17.8 Å². The van der Waals surface area contributed by atoms with Crippen LogP contribution < -0.4 is 5.32 Å². The summed E-state index contributed by atoms with van der Waals surface area (Å²) >= 11 is 0. The summed E-state index contributed by atoms with van der Waals surface area (Å²) in [6, 6.07) is -1.04. The van der Waals surface area contributed by atoms with E-state index in [2.05, 4.69) is 46.5 Å². The van der Waals surface area contributed by atoms with Gasteiger partial charge >= 0.3 is 11.9 Å². The molecule has 0 aromatic carbocycles. The zero-order valence-corrected chi connectivity index (χ0v) is 26.0. The minimum atomic E-state index is -1.04. The molecule has 6 rings (SSSR count). The molecule has 228 valence electrons. The van der Waals surface area contributed by atoms with E-state index in [0.29, 0.717) is 17.8 Å². The second-order valence-corrected chi connectivity index (χ2v) is 15.8. The average molecular weight is 570 g/mol. The number of carbonyl (C=O) groups excluding carboxylic acids is 3. The molecule has 0 bridgehead atoms. The predicted octanol–water partition coefficient (Wildman–Crippen LogP) is 5.20. The standard InChI is InChI=1S/C34H51NO6/c1-19(2)20-10-15-34(28(38)35-22(18-36)27(37)40-7)17-16-31(4)21(26(20)34)8-9-23-30(3)13-12-25-33(6,29(39)41-25)24(30)11-14-32(23,31)5/h20-26,36H,1,8-18H2,2-7H3,(H,35,38)/t20-,21+,22-,23+,24+,25+,26+,30+,31+,32+,33-,34-/m0/s1. The fraction of sp³-hybridized carbons (Fsp3) is 0.853. The summed E-state index contributed by atoms with van der Waals surface area (Å²) < 4.78 is 10.5. The Morgan fingerprint density at radius 3 is 2.37 bits per heavy atom. The first-order valence-corrected chi connectivity index (χ1v) is 16.1. The van der Waals surface area contributed by atoms with Crippen LogP contribution in [0.1, 0.15) is 98.8 Å².